The molecule has 0 amide bonds. The summed E-state index contributed by atoms with van der Waals surface area (Å²) >= 11 is 0. The average Bonchev–Trinajstić information content (AvgIpc) is 2.86. The minimum Gasteiger partial charge on any atom is -0.416 e. The molecule has 0 saturated heterocycles. The maximum atomic E-state index is 13.0. The van der Waals surface area contributed by atoms with Gasteiger partial charge in [0.2, 0.25) is 10.0 Å². The quantitative estimate of drug-likeness (QED) is 0.163. The minimum atomic E-state index is -4.48. The fourth-order valence-electron chi connectivity index (χ4n) is 5.00. The Morgan fingerprint density at radius 1 is 0.949 bits per heavy atom. The Bertz CT molecular complexity index is 971. The number of nitrogens with zero attached hydrogens (tertiary/aromatic N) is 2. The van der Waals surface area contributed by atoms with Crippen LogP contribution in [0.5, 0.6) is 0 Å². The summed E-state index contributed by atoms with van der Waals surface area (Å²) in [4.78, 5) is 2.39. The normalized spacial score (nSPS) is 19.7. The molecule has 1 fully saturated rings. The highest BCUT2D eigenvalue weighted by molar-refractivity contribution is 7.89. The SMILES string of the molecule is CCN(CCCCCC1CCC(N(C)S(=O)(=O)c2ccc(C(F)(F)F)cc2)CC1)CCO[Si](C)(C)C(C)(C)C. The molecular weight excluding hydrogens is 541 g/mol. The lowest BCUT2D eigenvalue weighted by molar-refractivity contribution is -0.137. The van der Waals surface area contributed by atoms with Gasteiger partial charge in [0, 0.05) is 26.2 Å². The zero-order valence-corrected chi connectivity index (χ0v) is 26.9. The zero-order chi connectivity index (χ0) is 29.5. The molecule has 0 unspecified atom stereocenters. The van der Waals surface area contributed by atoms with E-state index in [9.17, 15) is 21.6 Å². The number of unbranched alkanes of at least 4 members (excludes halogenated alkanes) is 2. The largest absolute Gasteiger partial charge is 0.416 e. The Hall–Kier alpha value is -0.943. The number of likely N-dealkylation sites (N-methyl/N-ethyl adjacent to an activating group) is 1. The monoisotopic (exact) mass is 592 g/mol. The average molecular weight is 593 g/mol. The minimum absolute atomic E-state index is 0.0900. The number of benzene rings is 1. The Labute approximate surface area is 236 Å². The van der Waals surface area contributed by atoms with Crippen LogP contribution in [0, 0.1) is 5.92 Å². The van der Waals surface area contributed by atoms with Crippen molar-refractivity contribution < 1.29 is 26.0 Å². The highest BCUT2D eigenvalue weighted by Crippen LogP contribution is 2.37. The van der Waals surface area contributed by atoms with Gasteiger partial charge in [-0.15, -0.1) is 0 Å². The molecule has 5 nitrogen and oxygen atoms in total. The second kappa shape index (κ2) is 14.3. The molecule has 0 N–H and O–H groups in total. The van der Waals surface area contributed by atoms with Crippen molar-refractivity contribution in [3.05, 3.63) is 29.8 Å². The van der Waals surface area contributed by atoms with Gasteiger partial charge in [0.1, 0.15) is 0 Å². The number of halogens is 3. The molecule has 0 heterocycles. The molecule has 0 radical (unpaired) electrons. The van der Waals surface area contributed by atoms with E-state index in [4.69, 9.17) is 4.43 Å². The summed E-state index contributed by atoms with van der Waals surface area (Å²) in [6.07, 6.45) is 3.81. The molecule has 1 aliphatic carbocycles. The number of hydrogen-bond acceptors (Lipinski definition) is 4. The van der Waals surface area contributed by atoms with E-state index >= 15 is 0 Å². The fraction of sp³-hybridized carbons (Fsp3) is 0.793. The number of hydrogen-bond donors (Lipinski definition) is 0. The van der Waals surface area contributed by atoms with Crippen molar-refractivity contribution in [2.75, 3.05) is 33.3 Å². The van der Waals surface area contributed by atoms with Crippen LogP contribution >= 0.6 is 0 Å². The summed E-state index contributed by atoms with van der Waals surface area (Å²) in [5.41, 5.74) is -0.845. The molecule has 1 aromatic rings. The molecule has 0 bridgehead atoms. The van der Waals surface area contributed by atoms with E-state index in [2.05, 4.69) is 45.7 Å². The summed E-state index contributed by atoms with van der Waals surface area (Å²) < 4.78 is 72.2. The van der Waals surface area contributed by atoms with E-state index in [0.29, 0.717) is 5.92 Å². The number of sulfonamides is 1. The van der Waals surface area contributed by atoms with Gasteiger partial charge in [-0.3, -0.25) is 0 Å². The Balaban J connectivity index is 1.69. The van der Waals surface area contributed by atoms with Crippen LogP contribution in [0.15, 0.2) is 29.2 Å². The third-order valence-electron chi connectivity index (χ3n) is 8.90. The number of alkyl halides is 3. The Morgan fingerprint density at radius 2 is 1.54 bits per heavy atom. The summed E-state index contributed by atoms with van der Waals surface area (Å²) in [6.45, 7) is 17.5. The molecule has 10 heteroatoms. The van der Waals surface area contributed by atoms with Crippen LogP contribution in [0.4, 0.5) is 13.2 Å². The van der Waals surface area contributed by atoms with Gasteiger partial charge in [-0.2, -0.15) is 17.5 Å². The molecule has 226 valence electrons. The topological polar surface area (TPSA) is 49.9 Å². The van der Waals surface area contributed by atoms with E-state index in [1.807, 2.05) is 0 Å². The van der Waals surface area contributed by atoms with Crippen molar-refractivity contribution in [3.8, 4) is 0 Å². The third kappa shape index (κ3) is 10.1. The second-order valence-corrected chi connectivity index (χ2v) is 19.4. The van der Waals surface area contributed by atoms with Gasteiger partial charge in [0.15, 0.2) is 8.32 Å². The molecule has 0 aromatic heterocycles. The predicted octanol–water partition coefficient (Wildman–Crippen LogP) is 7.79. The van der Waals surface area contributed by atoms with Gasteiger partial charge >= 0.3 is 6.18 Å². The van der Waals surface area contributed by atoms with Gasteiger partial charge in [-0.05, 0) is 93.5 Å². The first-order chi connectivity index (χ1) is 18.0. The summed E-state index contributed by atoms with van der Waals surface area (Å²) in [5.74, 6) is 0.615. The van der Waals surface area contributed by atoms with Crippen molar-refractivity contribution in [3.63, 3.8) is 0 Å². The van der Waals surface area contributed by atoms with Crippen LogP contribution in [0.2, 0.25) is 18.1 Å². The summed E-state index contributed by atoms with van der Waals surface area (Å²) in [6, 6.07) is 3.67. The van der Waals surface area contributed by atoms with Gasteiger partial charge in [0.05, 0.1) is 10.5 Å². The summed E-state index contributed by atoms with van der Waals surface area (Å²) in [5, 5.41) is 0.235. The molecule has 1 saturated carbocycles. The van der Waals surface area contributed by atoms with Crippen molar-refractivity contribution >= 4 is 18.3 Å². The van der Waals surface area contributed by atoms with E-state index in [1.165, 1.54) is 30.0 Å². The lowest BCUT2D eigenvalue weighted by atomic mass is 9.83. The van der Waals surface area contributed by atoms with Crippen molar-refractivity contribution in [2.45, 2.75) is 114 Å². The molecule has 0 spiro atoms. The maximum Gasteiger partial charge on any atom is 0.416 e. The standard InChI is InChI=1S/C29H51F3N2O3SSi/c1-8-34(22-23-37-39(6,7)28(2,3)4)21-11-9-10-12-24-13-17-26(18-14-24)33(5)38(35,36)27-19-15-25(16-20-27)29(30,31)32/h15-16,19-20,24,26H,8-14,17-18,21-23H2,1-7H3. The highest BCUT2D eigenvalue weighted by atomic mass is 32.2. The van der Waals surface area contributed by atoms with E-state index in [0.717, 1.165) is 76.2 Å². The van der Waals surface area contributed by atoms with E-state index in [-0.39, 0.29) is 16.0 Å². The molecular formula is C29H51F3N2O3SSi. The maximum absolute atomic E-state index is 13.0. The highest BCUT2D eigenvalue weighted by Gasteiger charge is 2.37. The molecule has 0 atom stereocenters. The smallest absolute Gasteiger partial charge is 0.416 e. The van der Waals surface area contributed by atoms with Gasteiger partial charge < -0.3 is 9.33 Å². The van der Waals surface area contributed by atoms with Gasteiger partial charge in [-0.1, -0.05) is 47.0 Å². The van der Waals surface area contributed by atoms with Crippen LogP contribution < -0.4 is 0 Å². The lowest BCUT2D eigenvalue weighted by Crippen LogP contribution is -2.42. The Morgan fingerprint density at radius 3 is 2.05 bits per heavy atom. The Kier molecular flexibility index (Phi) is 12.6. The number of rotatable bonds is 14. The van der Waals surface area contributed by atoms with Crippen LogP contribution in [-0.4, -0.2) is 65.3 Å². The lowest BCUT2D eigenvalue weighted by Gasteiger charge is -2.36. The summed E-state index contributed by atoms with van der Waals surface area (Å²) in [7, 11) is -3.97. The second-order valence-electron chi connectivity index (χ2n) is 12.6. The molecule has 2 rings (SSSR count). The first-order valence-electron chi connectivity index (χ1n) is 14.5. The van der Waals surface area contributed by atoms with Crippen LogP contribution in [0.3, 0.4) is 0 Å². The predicted molar refractivity (Wildman–Crippen MR) is 156 cm³/mol. The van der Waals surface area contributed by atoms with Crippen molar-refractivity contribution in [1.82, 2.24) is 9.21 Å². The molecule has 1 aliphatic rings. The fourth-order valence-corrected chi connectivity index (χ4v) is 7.45. The van der Waals surface area contributed by atoms with Crippen molar-refractivity contribution in [1.29, 1.82) is 0 Å². The van der Waals surface area contributed by atoms with Crippen LogP contribution in [0.1, 0.15) is 84.6 Å². The van der Waals surface area contributed by atoms with Crippen LogP contribution in [0.25, 0.3) is 0 Å². The molecule has 1 aromatic carbocycles. The first kappa shape index (κ1) is 34.3. The zero-order valence-electron chi connectivity index (χ0n) is 25.1. The molecule has 0 aliphatic heterocycles. The van der Waals surface area contributed by atoms with Gasteiger partial charge in [0.25, 0.3) is 0 Å². The molecule has 39 heavy (non-hydrogen) atoms. The third-order valence-corrected chi connectivity index (χ3v) is 15.4. The van der Waals surface area contributed by atoms with Gasteiger partial charge in [-0.25, -0.2) is 8.42 Å². The first-order valence-corrected chi connectivity index (χ1v) is 18.9. The van der Waals surface area contributed by atoms with E-state index < -0.39 is 30.1 Å². The van der Waals surface area contributed by atoms with Crippen molar-refractivity contribution in [2.24, 2.45) is 5.92 Å². The van der Waals surface area contributed by atoms with Crippen LogP contribution in [-0.2, 0) is 20.6 Å². The van der Waals surface area contributed by atoms with E-state index in [1.54, 1.807) is 7.05 Å².